The van der Waals surface area contributed by atoms with Gasteiger partial charge in [-0.2, -0.15) is 0 Å². The normalized spacial score (nSPS) is 18.0. The molecule has 0 saturated heterocycles. The van der Waals surface area contributed by atoms with Crippen LogP contribution in [0.15, 0.2) is 24.3 Å². The van der Waals surface area contributed by atoms with Gasteiger partial charge in [-0.25, -0.2) is 0 Å². The zero-order valence-electron chi connectivity index (χ0n) is 13.3. The van der Waals surface area contributed by atoms with Crippen molar-refractivity contribution in [3.05, 3.63) is 29.8 Å². The molecule has 1 aliphatic heterocycles. The van der Waals surface area contributed by atoms with Crippen LogP contribution >= 0.6 is 0 Å². The van der Waals surface area contributed by atoms with Gasteiger partial charge in [-0.3, -0.25) is 14.5 Å². The molecular formula is C17H25N3O2. The van der Waals surface area contributed by atoms with E-state index in [1.807, 2.05) is 31.2 Å². The molecule has 1 aromatic rings. The minimum Gasteiger partial charge on any atom is -0.354 e. The molecule has 120 valence electrons. The van der Waals surface area contributed by atoms with Crippen LogP contribution in [0.5, 0.6) is 0 Å². The number of amides is 2. The van der Waals surface area contributed by atoms with Gasteiger partial charge in [-0.15, -0.1) is 0 Å². The summed E-state index contributed by atoms with van der Waals surface area (Å²) in [6, 6.07) is 6.60. The first-order valence-electron chi connectivity index (χ1n) is 8.04. The first kappa shape index (κ1) is 16.5. The molecule has 0 aromatic heterocycles. The Morgan fingerprint density at radius 3 is 2.77 bits per heavy atom. The summed E-state index contributed by atoms with van der Waals surface area (Å²) in [4.78, 5) is 26.7. The van der Waals surface area contributed by atoms with Gasteiger partial charge in [0.1, 0.15) is 6.04 Å². The predicted octanol–water partition coefficient (Wildman–Crippen LogP) is 1.60. The molecule has 0 saturated carbocycles. The Balaban J connectivity index is 2.22. The van der Waals surface area contributed by atoms with Crippen molar-refractivity contribution in [2.75, 3.05) is 11.4 Å². The smallest absolute Gasteiger partial charge is 0.244 e. The maximum Gasteiger partial charge on any atom is 0.244 e. The third-order valence-corrected chi connectivity index (χ3v) is 4.10. The van der Waals surface area contributed by atoms with Gasteiger partial charge < -0.3 is 11.1 Å². The Hall–Kier alpha value is -1.88. The van der Waals surface area contributed by atoms with E-state index in [1.54, 1.807) is 4.90 Å². The van der Waals surface area contributed by atoms with E-state index in [4.69, 9.17) is 5.73 Å². The van der Waals surface area contributed by atoms with E-state index in [0.29, 0.717) is 19.4 Å². The van der Waals surface area contributed by atoms with Crippen molar-refractivity contribution in [3.8, 4) is 0 Å². The van der Waals surface area contributed by atoms with Gasteiger partial charge in [-0.05, 0) is 24.5 Å². The van der Waals surface area contributed by atoms with Gasteiger partial charge in [0, 0.05) is 18.7 Å². The third-order valence-electron chi connectivity index (χ3n) is 4.10. The van der Waals surface area contributed by atoms with Crippen LogP contribution in [0, 0.1) is 0 Å². The Kier molecular flexibility index (Phi) is 5.55. The number of nitrogens with one attached hydrogen (secondary N) is 1. The number of unbranched alkanes of at least 4 members (excludes halogenated alkanes) is 1. The quantitative estimate of drug-likeness (QED) is 0.784. The van der Waals surface area contributed by atoms with Gasteiger partial charge in [0.15, 0.2) is 0 Å². The highest BCUT2D eigenvalue weighted by Crippen LogP contribution is 2.32. The molecule has 22 heavy (non-hydrogen) atoms. The van der Waals surface area contributed by atoms with Crippen molar-refractivity contribution in [3.63, 3.8) is 0 Å². The molecule has 0 radical (unpaired) electrons. The van der Waals surface area contributed by atoms with Crippen LogP contribution in [0.3, 0.4) is 0 Å². The first-order valence-corrected chi connectivity index (χ1v) is 8.04. The van der Waals surface area contributed by atoms with Crippen LogP contribution in [0.25, 0.3) is 0 Å². The van der Waals surface area contributed by atoms with Crippen LogP contribution in [0.4, 0.5) is 5.69 Å². The second-order valence-corrected chi connectivity index (χ2v) is 5.72. The van der Waals surface area contributed by atoms with Gasteiger partial charge in [-0.1, -0.05) is 38.5 Å². The van der Waals surface area contributed by atoms with Crippen molar-refractivity contribution >= 4 is 17.5 Å². The molecule has 5 nitrogen and oxygen atoms in total. The van der Waals surface area contributed by atoms with Crippen LogP contribution in [-0.2, 0) is 16.0 Å². The van der Waals surface area contributed by atoms with E-state index in [2.05, 4.69) is 12.2 Å². The second-order valence-electron chi connectivity index (χ2n) is 5.72. The third kappa shape index (κ3) is 3.30. The molecule has 0 spiro atoms. The lowest BCUT2D eigenvalue weighted by Gasteiger charge is -2.27. The molecule has 2 amide bonds. The molecule has 1 aliphatic rings. The summed E-state index contributed by atoms with van der Waals surface area (Å²) in [5, 5.41) is 2.93. The highest BCUT2D eigenvalue weighted by atomic mass is 16.2. The number of benzene rings is 1. The molecule has 2 rings (SSSR count). The van der Waals surface area contributed by atoms with E-state index < -0.39 is 12.1 Å². The van der Waals surface area contributed by atoms with Gasteiger partial charge in [0.05, 0.1) is 6.04 Å². The van der Waals surface area contributed by atoms with Crippen LogP contribution in [0.2, 0.25) is 0 Å². The Bertz CT molecular complexity index is 544. The van der Waals surface area contributed by atoms with Crippen molar-refractivity contribution in [1.29, 1.82) is 0 Å². The molecule has 1 heterocycles. The summed E-state index contributed by atoms with van der Waals surface area (Å²) in [6.45, 7) is 4.60. The topological polar surface area (TPSA) is 75.4 Å². The minimum atomic E-state index is -0.572. The number of hydrogen-bond acceptors (Lipinski definition) is 3. The monoisotopic (exact) mass is 303 g/mol. The number of fused-ring (bicyclic) bond motifs is 1. The summed E-state index contributed by atoms with van der Waals surface area (Å²) in [6.07, 6.45) is 3.07. The summed E-state index contributed by atoms with van der Waals surface area (Å²) in [7, 11) is 0. The molecule has 0 aliphatic carbocycles. The van der Waals surface area contributed by atoms with E-state index in [1.165, 1.54) is 0 Å². The van der Waals surface area contributed by atoms with Crippen LogP contribution in [-0.4, -0.2) is 30.4 Å². The Labute approximate surface area is 131 Å². The minimum absolute atomic E-state index is 0.0960. The standard InChI is InChI=1S/C17H25N3O2/c1-3-5-10-19-16(21)15-11-12-8-6-7-9-14(12)20(15)17(22)13(18)4-2/h6-9,13,15H,3-5,10-11,18H2,1-2H3,(H,19,21)/t13-,15+/m1/s1. The van der Waals surface area contributed by atoms with E-state index in [-0.39, 0.29) is 11.8 Å². The van der Waals surface area contributed by atoms with Crippen molar-refractivity contribution < 1.29 is 9.59 Å². The largest absolute Gasteiger partial charge is 0.354 e. The van der Waals surface area contributed by atoms with Crippen LogP contribution in [0.1, 0.15) is 38.7 Å². The molecule has 1 aromatic carbocycles. The fraction of sp³-hybridized carbons (Fsp3) is 0.529. The summed E-state index contributed by atoms with van der Waals surface area (Å²) in [5.41, 5.74) is 7.75. The van der Waals surface area contributed by atoms with Gasteiger partial charge in [0.25, 0.3) is 0 Å². The van der Waals surface area contributed by atoms with Crippen LogP contribution < -0.4 is 16.0 Å². The van der Waals surface area contributed by atoms with Crippen molar-refractivity contribution in [1.82, 2.24) is 5.32 Å². The van der Waals surface area contributed by atoms with Crippen molar-refractivity contribution in [2.24, 2.45) is 5.73 Å². The lowest BCUT2D eigenvalue weighted by molar-refractivity contribution is -0.126. The first-order chi connectivity index (χ1) is 10.6. The fourth-order valence-corrected chi connectivity index (χ4v) is 2.73. The molecular weight excluding hydrogens is 278 g/mol. The average molecular weight is 303 g/mol. The van der Waals surface area contributed by atoms with E-state index >= 15 is 0 Å². The maximum absolute atomic E-state index is 12.6. The van der Waals surface area contributed by atoms with Gasteiger partial charge in [0.2, 0.25) is 11.8 Å². The summed E-state index contributed by atoms with van der Waals surface area (Å²) >= 11 is 0. The molecule has 5 heteroatoms. The molecule has 2 atom stereocenters. The SMILES string of the molecule is CCCCNC(=O)[C@@H]1Cc2ccccc2N1C(=O)[C@H](N)CC. The fourth-order valence-electron chi connectivity index (χ4n) is 2.73. The number of anilines is 1. The Morgan fingerprint density at radius 2 is 2.09 bits per heavy atom. The number of carbonyl (C=O) groups excluding carboxylic acids is 2. The number of hydrogen-bond donors (Lipinski definition) is 2. The predicted molar refractivity (Wildman–Crippen MR) is 87.6 cm³/mol. The number of carbonyl (C=O) groups is 2. The second kappa shape index (κ2) is 7.40. The Morgan fingerprint density at radius 1 is 1.36 bits per heavy atom. The van der Waals surface area contributed by atoms with Crippen molar-refractivity contribution in [2.45, 2.75) is 51.6 Å². The average Bonchev–Trinajstić information content (AvgIpc) is 2.93. The zero-order valence-corrected chi connectivity index (χ0v) is 13.3. The molecule has 3 N–H and O–H groups in total. The zero-order chi connectivity index (χ0) is 16.1. The number of para-hydroxylation sites is 1. The number of nitrogens with zero attached hydrogens (tertiary/aromatic N) is 1. The molecule has 0 unspecified atom stereocenters. The van der Waals surface area contributed by atoms with Gasteiger partial charge >= 0.3 is 0 Å². The molecule has 0 bridgehead atoms. The number of nitrogens with two attached hydrogens (primary N) is 1. The number of rotatable bonds is 6. The van der Waals surface area contributed by atoms with E-state index in [9.17, 15) is 9.59 Å². The lowest BCUT2D eigenvalue weighted by Crippen LogP contribution is -2.53. The summed E-state index contributed by atoms with van der Waals surface area (Å²) in [5.74, 6) is -0.274. The molecule has 0 fully saturated rings. The highest BCUT2D eigenvalue weighted by molar-refractivity contribution is 6.05. The maximum atomic E-state index is 12.6. The highest BCUT2D eigenvalue weighted by Gasteiger charge is 2.39. The summed E-state index contributed by atoms with van der Waals surface area (Å²) < 4.78 is 0. The lowest BCUT2D eigenvalue weighted by atomic mass is 10.1. The van der Waals surface area contributed by atoms with E-state index in [0.717, 1.165) is 24.1 Å².